The van der Waals surface area contributed by atoms with E-state index < -0.39 is 5.97 Å². The van der Waals surface area contributed by atoms with Gasteiger partial charge in [-0.15, -0.1) is 0 Å². The third kappa shape index (κ3) is 2.47. The van der Waals surface area contributed by atoms with Crippen molar-refractivity contribution >= 4 is 46.2 Å². The van der Waals surface area contributed by atoms with Crippen LogP contribution in [0.4, 0.5) is 0 Å². The molecule has 1 N–H and O–H groups in total. The van der Waals surface area contributed by atoms with Gasteiger partial charge in [0.2, 0.25) is 0 Å². The maximum Gasteiger partial charge on any atom is 0.328 e. The van der Waals surface area contributed by atoms with Gasteiger partial charge < -0.3 is 5.11 Å². The van der Waals surface area contributed by atoms with E-state index >= 15 is 0 Å². The van der Waals surface area contributed by atoms with Crippen molar-refractivity contribution < 1.29 is 9.90 Å². The Hall–Kier alpha value is -1.58. The van der Waals surface area contributed by atoms with Crippen LogP contribution in [0.25, 0.3) is 17.0 Å². The van der Waals surface area contributed by atoms with E-state index in [-0.39, 0.29) is 5.15 Å². The second-order valence-electron chi connectivity index (χ2n) is 3.80. The third-order valence-corrected chi connectivity index (χ3v) is 3.15. The Kier molecular flexibility index (Phi) is 3.55. The van der Waals surface area contributed by atoms with Crippen molar-refractivity contribution in [2.24, 2.45) is 0 Å². The van der Waals surface area contributed by atoms with E-state index in [1.54, 1.807) is 12.1 Å². The minimum absolute atomic E-state index is 0.255. The van der Waals surface area contributed by atoms with Crippen molar-refractivity contribution in [1.82, 2.24) is 4.98 Å². The zero-order valence-electron chi connectivity index (χ0n) is 9.45. The van der Waals surface area contributed by atoms with Crippen LogP contribution in [-0.2, 0) is 4.79 Å². The first-order valence-corrected chi connectivity index (χ1v) is 5.91. The van der Waals surface area contributed by atoms with Crippen LogP contribution in [0.15, 0.2) is 24.3 Å². The van der Waals surface area contributed by atoms with E-state index in [1.807, 2.05) is 13.0 Å². The third-order valence-electron chi connectivity index (χ3n) is 2.52. The summed E-state index contributed by atoms with van der Waals surface area (Å²) in [6, 6.07) is 5.37. The van der Waals surface area contributed by atoms with E-state index in [0.29, 0.717) is 10.6 Å². The second-order valence-corrected chi connectivity index (χ2v) is 4.57. The van der Waals surface area contributed by atoms with Crippen LogP contribution in [0.5, 0.6) is 0 Å². The molecule has 0 saturated heterocycles. The minimum Gasteiger partial charge on any atom is -0.478 e. The number of hydrogen-bond donors (Lipinski definition) is 1. The number of carboxylic acid groups (broad SMARTS) is 1. The van der Waals surface area contributed by atoms with Gasteiger partial charge in [0, 0.05) is 17.0 Å². The van der Waals surface area contributed by atoms with Gasteiger partial charge in [0.25, 0.3) is 0 Å². The van der Waals surface area contributed by atoms with E-state index in [1.165, 1.54) is 6.08 Å². The number of halogens is 2. The lowest BCUT2D eigenvalue weighted by atomic mass is 10.1. The quantitative estimate of drug-likeness (QED) is 0.670. The highest BCUT2D eigenvalue weighted by atomic mass is 35.5. The number of rotatable bonds is 2. The van der Waals surface area contributed by atoms with Gasteiger partial charge >= 0.3 is 5.97 Å². The number of hydrogen-bond acceptors (Lipinski definition) is 2. The molecule has 0 aliphatic heterocycles. The largest absolute Gasteiger partial charge is 0.478 e. The summed E-state index contributed by atoms with van der Waals surface area (Å²) in [5.41, 5.74) is 2.21. The van der Waals surface area contributed by atoms with Crippen molar-refractivity contribution in [3.8, 4) is 0 Å². The molecule has 1 aromatic heterocycles. The molecule has 92 valence electrons. The number of benzene rings is 1. The lowest BCUT2D eigenvalue weighted by Gasteiger charge is -2.06. The highest BCUT2D eigenvalue weighted by molar-refractivity contribution is 6.36. The fourth-order valence-corrected chi connectivity index (χ4v) is 2.04. The molecule has 0 fully saturated rings. The maximum atomic E-state index is 10.5. The van der Waals surface area contributed by atoms with Gasteiger partial charge in [-0.2, -0.15) is 0 Å². The summed E-state index contributed by atoms with van der Waals surface area (Å²) in [5.74, 6) is -1.04. The number of carbonyl (C=O) groups is 1. The zero-order chi connectivity index (χ0) is 13.3. The molecule has 1 aromatic carbocycles. The SMILES string of the molecule is Cc1ccc(Cl)c2cc(/C=C/C(=O)O)c(Cl)nc12. The topological polar surface area (TPSA) is 50.2 Å². The monoisotopic (exact) mass is 281 g/mol. The summed E-state index contributed by atoms with van der Waals surface area (Å²) in [6.45, 7) is 1.91. The van der Waals surface area contributed by atoms with Crippen molar-refractivity contribution in [3.63, 3.8) is 0 Å². The predicted octanol–water partition coefficient (Wildman–Crippen LogP) is 3.95. The van der Waals surface area contributed by atoms with Crippen molar-refractivity contribution in [1.29, 1.82) is 0 Å². The summed E-state index contributed by atoms with van der Waals surface area (Å²) >= 11 is 12.1. The molecule has 0 unspecified atom stereocenters. The molecular weight excluding hydrogens is 273 g/mol. The summed E-state index contributed by atoms with van der Waals surface area (Å²) < 4.78 is 0. The number of aromatic nitrogens is 1. The second kappa shape index (κ2) is 4.96. The molecule has 0 amide bonds. The Morgan fingerprint density at radius 3 is 2.78 bits per heavy atom. The van der Waals surface area contributed by atoms with Crippen LogP contribution >= 0.6 is 23.2 Å². The van der Waals surface area contributed by atoms with Crippen molar-refractivity contribution in [3.05, 3.63) is 45.6 Å². The fourth-order valence-electron chi connectivity index (χ4n) is 1.63. The standard InChI is InChI=1S/C13H9Cl2NO2/c1-7-2-4-10(14)9-6-8(3-5-11(17)18)13(15)16-12(7)9/h2-6H,1H3,(H,17,18)/b5-3+. The molecule has 3 nitrogen and oxygen atoms in total. The number of nitrogens with zero attached hydrogens (tertiary/aromatic N) is 1. The molecule has 0 bridgehead atoms. The number of fused-ring (bicyclic) bond motifs is 1. The molecule has 18 heavy (non-hydrogen) atoms. The lowest BCUT2D eigenvalue weighted by Crippen LogP contribution is -1.90. The average molecular weight is 282 g/mol. The highest BCUT2D eigenvalue weighted by Crippen LogP contribution is 2.29. The molecule has 2 aromatic rings. The van der Waals surface area contributed by atoms with Crippen LogP contribution in [0.2, 0.25) is 10.2 Å². The summed E-state index contributed by atoms with van der Waals surface area (Å²) in [6.07, 6.45) is 2.41. The predicted molar refractivity (Wildman–Crippen MR) is 73.2 cm³/mol. The normalized spacial score (nSPS) is 11.3. The highest BCUT2D eigenvalue weighted by Gasteiger charge is 2.08. The molecule has 0 saturated carbocycles. The number of aliphatic carboxylic acids is 1. The van der Waals surface area contributed by atoms with E-state index in [4.69, 9.17) is 28.3 Å². The van der Waals surface area contributed by atoms with Gasteiger partial charge in [-0.05, 0) is 30.7 Å². The molecule has 0 aliphatic rings. The van der Waals surface area contributed by atoms with Crippen LogP contribution in [0, 0.1) is 6.92 Å². The zero-order valence-corrected chi connectivity index (χ0v) is 11.0. The number of pyridine rings is 1. The van der Waals surface area contributed by atoms with Crippen LogP contribution < -0.4 is 0 Å². The number of carboxylic acids is 1. The average Bonchev–Trinajstić information content (AvgIpc) is 2.32. The van der Waals surface area contributed by atoms with Crippen LogP contribution in [0.1, 0.15) is 11.1 Å². The Morgan fingerprint density at radius 1 is 1.39 bits per heavy atom. The molecule has 2 rings (SSSR count). The van der Waals surface area contributed by atoms with Gasteiger partial charge in [0.05, 0.1) is 10.5 Å². The minimum atomic E-state index is -1.04. The van der Waals surface area contributed by atoms with Crippen LogP contribution in [-0.4, -0.2) is 16.1 Å². The molecule has 0 spiro atoms. The Balaban J connectivity index is 2.68. The first-order chi connectivity index (χ1) is 8.49. The molecule has 5 heteroatoms. The van der Waals surface area contributed by atoms with Gasteiger partial charge in [0.15, 0.2) is 0 Å². The smallest absolute Gasteiger partial charge is 0.328 e. The first kappa shape index (κ1) is 12.9. The van der Waals surface area contributed by atoms with Crippen molar-refractivity contribution in [2.75, 3.05) is 0 Å². The lowest BCUT2D eigenvalue weighted by molar-refractivity contribution is -0.131. The van der Waals surface area contributed by atoms with Gasteiger partial charge in [0.1, 0.15) is 5.15 Å². The molecule has 1 heterocycles. The summed E-state index contributed by atoms with van der Waals surface area (Å²) in [5, 5.41) is 10.2. The summed E-state index contributed by atoms with van der Waals surface area (Å²) in [4.78, 5) is 14.7. The van der Waals surface area contributed by atoms with E-state index in [2.05, 4.69) is 4.98 Å². The Morgan fingerprint density at radius 2 is 2.11 bits per heavy atom. The van der Waals surface area contributed by atoms with E-state index in [0.717, 1.165) is 22.5 Å². The first-order valence-electron chi connectivity index (χ1n) is 5.15. The maximum absolute atomic E-state index is 10.5. The van der Waals surface area contributed by atoms with Crippen molar-refractivity contribution in [2.45, 2.75) is 6.92 Å². The van der Waals surface area contributed by atoms with Gasteiger partial charge in [-0.1, -0.05) is 29.3 Å². The molecule has 0 radical (unpaired) electrons. The molecule has 0 atom stereocenters. The number of aryl methyl sites for hydroxylation is 1. The van der Waals surface area contributed by atoms with Gasteiger partial charge in [-0.3, -0.25) is 0 Å². The van der Waals surface area contributed by atoms with Gasteiger partial charge in [-0.25, -0.2) is 9.78 Å². The molecular formula is C13H9Cl2NO2. The van der Waals surface area contributed by atoms with Crippen LogP contribution in [0.3, 0.4) is 0 Å². The fraction of sp³-hybridized carbons (Fsp3) is 0.0769. The Bertz CT molecular complexity index is 666. The summed E-state index contributed by atoms with van der Waals surface area (Å²) in [7, 11) is 0. The molecule has 0 aliphatic carbocycles. The van der Waals surface area contributed by atoms with E-state index in [9.17, 15) is 4.79 Å². The Labute approximate surface area is 114 Å².